The zero-order valence-electron chi connectivity index (χ0n) is 12.0. The molecule has 2 rings (SSSR count). The van der Waals surface area contributed by atoms with Crippen LogP contribution in [0.2, 0.25) is 0 Å². The second-order valence-electron chi connectivity index (χ2n) is 5.25. The van der Waals surface area contributed by atoms with Crippen LogP contribution in [0.4, 0.5) is 0 Å². The fourth-order valence-electron chi connectivity index (χ4n) is 2.55. The first-order valence-corrected chi connectivity index (χ1v) is 6.76. The second kappa shape index (κ2) is 5.95. The minimum absolute atomic E-state index is 0.480. The number of hydrogen-bond donors (Lipinski definition) is 1. The molecule has 104 valence electrons. The van der Waals surface area contributed by atoms with Crippen molar-refractivity contribution in [2.75, 3.05) is 27.7 Å². The van der Waals surface area contributed by atoms with E-state index in [1.54, 1.807) is 7.11 Å². The predicted molar refractivity (Wildman–Crippen MR) is 78.8 cm³/mol. The molecule has 0 unspecified atom stereocenters. The first-order chi connectivity index (χ1) is 9.11. The Morgan fingerprint density at radius 1 is 1.47 bits per heavy atom. The van der Waals surface area contributed by atoms with E-state index in [1.165, 1.54) is 24.0 Å². The van der Waals surface area contributed by atoms with Gasteiger partial charge in [0.2, 0.25) is 0 Å². The van der Waals surface area contributed by atoms with E-state index in [1.807, 2.05) is 25.1 Å². The average molecular weight is 261 g/mol. The first-order valence-electron chi connectivity index (χ1n) is 6.76. The van der Waals surface area contributed by atoms with Crippen molar-refractivity contribution < 1.29 is 4.74 Å². The minimum atomic E-state index is 0.480. The Morgan fingerprint density at radius 3 is 2.95 bits per heavy atom. The third-order valence-electron chi connectivity index (χ3n) is 3.72. The SMILES string of the molecule is COc1ccc2c(c1)CCC[C@@H]2CN=C(N)N(C)C. The Labute approximate surface area is 115 Å². The van der Waals surface area contributed by atoms with E-state index >= 15 is 0 Å². The van der Waals surface area contributed by atoms with Gasteiger partial charge in [-0.2, -0.15) is 0 Å². The van der Waals surface area contributed by atoms with Gasteiger partial charge in [-0.1, -0.05) is 6.07 Å². The first kappa shape index (κ1) is 13.7. The molecule has 0 saturated carbocycles. The summed E-state index contributed by atoms with van der Waals surface area (Å²) in [6, 6.07) is 6.37. The number of nitrogens with zero attached hydrogens (tertiary/aromatic N) is 2. The van der Waals surface area contributed by atoms with Crippen LogP contribution in [0.1, 0.15) is 29.9 Å². The van der Waals surface area contributed by atoms with Gasteiger partial charge in [-0.05, 0) is 42.5 Å². The molecule has 0 spiro atoms. The van der Waals surface area contributed by atoms with Crippen LogP contribution in [-0.4, -0.2) is 38.6 Å². The summed E-state index contributed by atoms with van der Waals surface area (Å²) < 4.78 is 5.29. The molecule has 1 aliphatic rings. The number of hydrogen-bond acceptors (Lipinski definition) is 2. The molecule has 1 aromatic carbocycles. The number of rotatable bonds is 3. The molecule has 0 radical (unpaired) electrons. The number of aliphatic imine (C=N–C) groups is 1. The molecule has 0 saturated heterocycles. The van der Waals surface area contributed by atoms with E-state index in [0.717, 1.165) is 18.7 Å². The van der Waals surface area contributed by atoms with Crippen molar-refractivity contribution >= 4 is 5.96 Å². The number of ether oxygens (including phenoxy) is 1. The molecule has 1 aromatic rings. The maximum atomic E-state index is 5.86. The van der Waals surface area contributed by atoms with Crippen molar-refractivity contribution in [1.82, 2.24) is 4.90 Å². The van der Waals surface area contributed by atoms with Gasteiger partial charge in [0.05, 0.1) is 7.11 Å². The average Bonchev–Trinajstić information content (AvgIpc) is 2.43. The molecule has 2 N–H and O–H groups in total. The number of fused-ring (bicyclic) bond motifs is 1. The Bertz CT molecular complexity index is 468. The fourth-order valence-corrected chi connectivity index (χ4v) is 2.55. The molecule has 0 amide bonds. The minimum Gasteiger partial charge on any atom is -0.497 e. The largest absolute Gasteiger partial charge is 0.497 e. The van der Waals surface area contributed by atoms with Gasteiger partial charge in [-0.25, -0.2) is 0 Å². The van der Waals surface area contributed by atoms with E-state index in [2.05, 4.69) is 17.1 Å². The molecule has 1 atom stereocenters. The summed E-state index contributed by atoms with van der Waals surface area (Å²) in [6.45, 7) is 0.767. The van der Waals surface area contributed by atoms with Crippen LogP contribution in [0.25, 0.3) is 0 Å². The second-order valence-corrected chi connectivity index (χ2v) is 5.25. The smallest absolute Gasteiger partial charge is 0.190 e. The van der Waals surface area contributed by atoms with Crippen molar-refractivity contribution in [2.24, 2.45) is 10.7 Å². The van der Waals surface area contributed by atoms with Crippen molar-refractivity contribution in [2.45, 2.75) is 25.2 Å². The van der Waals surface area contributed by atoms with Crippen LogP contribution < -0.4 is 10.5 Å². The number of benzene rings is 1. The molecule has 0 aromatic heterocycles. The Balaban J connectivity index is 2.16. The van der Waals surface area contributed by atoms with Gasteiger partial charge in [0.1, 0.15) is 5.75 Å². The van der Waals surface area contributed by atoms with Crippen LogP contribution >= 0.6 is 0 Å². The standard InChI is InChI=1S/C15H23N3O/c1-18(2)15(16)17-10-12-6-4-5-11-9-13(19-3)7-8-14(11)12/h7-9,12H,4-6,10H2,1-3H3,(H2,16,17)/t12-/m1/s1. The summed E-state index contributed by atoms with van der Waals surface area (Å²) in [5, 5.41) is 0. The van der Waals surface area contributed by atoms with Gasteiger partial charge in [0, 0.05) is 26.6 Å². The number of guanidine groups is 1. The highest BCUT2D eigenvalue weighted by atomic mass is 16.5. The summed E-state index contributed by atoms with van der Waals surface area (Å²) >= 11 is 0. The monoisotopic (exact) mass is 261 g/mol. The van der Waals surface area contributed by atoms with Crippen molar-refractivity contribution in [3.63, 3.8) is 0 Å². The molecule has 0 aliphatic heterocycles. The lowest BCUT2D eigenvalue weighted by Gasteiger charge is -2.25. The van der Waals surface area contributed by atoms with Crippen LogP contribution in [0.3, 0.4) is 0 Å². The number of aryl methyl sites for hydroxylation is 1. The van der Waals surface area contributed by atoms with Crippen LogP contribution in [0.5, 0.6) is 5.75 Å². The van der Waals surface area contributed by atoms with Crippen molar-refractivity contribution in [1.29, 1.82) is 0 Å². The van der Waals surface area contributed by atoms with Crippen LogP contribution in [-0.2, 0) is 6.42 Å². The molecule has 0 bridgehead atoms. The zero-order valence-corrected chi connectivity index (χ0v) is 12.0. The third-order valence-corrected chi connectivity index (χ3v) is 3.72. The van der Waals surface area contributed by atoms with E-state index in [0.29, 0.717) is 11.9 Å². The summed E-state index contributed by atoms with van der Waals surface area (Å²) in [5.41, 5.74) is 8.66. The third kappa shape index (κ3) is 3.19. The van der Waals surface area contributed by atoms with Gasteiger partial charge >= 0.3 is 0 Å². The van der Waals surface area contributed by atoms with E-state index in [-0.39, 0.29) is 0 Å². The molecular formula is C15H23N3O. The quantitative estimate of drug-likeness (QED) is 0.668. The summed E-state index contributed by atoms with van der Waals surface area (Å²) in [7, 11) is 5.54. The fraction of sp³-hybridized carbons (Fsp3) is 0.533. The summed E-state index contributed by atoms with van der Waals surface area (Å²) in [6.07, 6.45) is 3.53. The Morgan fingerprint density at radius 2 is 2.26 bits per heavy atom. The van der Waals surface area contributed by atoms with Crippen molar-refractivity contribution in [3.8, 4) is 5.75 Å². The molecule has 1 aliphatic carbocycles. The predicted octanol–water partition coefficient (Wildman–Crippen LogP) is 1.99. The lowest BCUT2D eigenvalue weighted by atomic mass is 9.83. The maximum absolute atomic E-state index is 5.86. The normalized spacial score (nSPS) is 18.9. The number of methoxy groups -OCH3 is 1. The molecule has 4 heteroatoms. The van der Waals surface area contributed by atoms with E-state index in [4.69, 9.17) is 10.5 Å². The molecule has 0 heterocycles. The van der Waals surface area contributed by atoms with Gasteiger partial charge in [0.15, 0.2) is 5.96 Å². The maximum Gasteiger partial charge on any atom is 0.190 e. The van der Waals surface area contributed by atoms with Gasteiger partial charge in [0.25, 0.3) is 0 Å². The lowest BCUT2D eigenvalue weighted by Crippen LogP contribution is -2.31. The van der Waals surface area contributed by atoms with E-state index in [9.17, 15) is 0 Å². The topological polar surface area (TPSA) is 50.9 Å². The summed E-state index contributed by atoms with van der Waals surface area (Å²) in [5.74, 6) is 2.02. The van der Waals surface area contributed by atoms with Gasteiger partial charge in [-0.3, -0.25) is 4.99 Å². The Hall–Kier alpha value is -1.71. The summed E-state index contributed by atoms with van der Waals surface area (Å²) in [4.78, 5) is 6.32. The van der Waals surface area contributed by atoms with Crippen LogP contribution in [0.15, 0.2) is 23.2 Å². The Kier molecular flexibility index (Phi) is 4.30. The van der Waals surface area contributed by atoms with Gasteiger partial charge < -0.3 is 15.4 Å². The molecule has 4 nitrogen and oxygen atoms in total. The van der Waals surface area contributed by atoms with E-state index < -0.39 is 0 Å². The zero-order chi connectivity index (χ0) is 13.8. The molecule has 19 heavy (non-hydrogen) atoms. The molecular weight excluding hydrogens is 238 g/mol. The molecule has 0 fully saturated rings. The lowest BCUT2D eigenvalue weighted by molar-refractivity contribution is 0.413. The highest BCUT2D eigenvalue weighted by Crippen LogP contribution is 2.33. The van der Waals surface area contributed by atoms with Gasteiger partial charge in [-0.15, -0.1) is 0 Å². The number of nitrogens with two attached hydrogens (primary N) is 1. The van der Waals surface area contributed by atoms with Crippen LogP contribution in [0, 0.1) is 0 Å². The highest BCUT2D eigenvalue weighted by Gasteiger charge is 2.20. The van der Waals surface area contributed by atoms with Crippen molar-refractivity contribution in [3.05, 3.63) is 29.3 Å². The highest BCUT2D eigenvalue weighted by molar-refractivity contribution is 5.77.